The molecule has 0 aliphatic rings. The molecule has 0 amide bonds. The van der Waals surface area contributed by atoms with Gasteiger partial charge >= 0.3 is 18.9 Å². The fourth-order valence-corrected chi connectivity index (χ4v) is 5.48. The molecule has 1 heterocycles. The maximum absolute atomic E-state index is 14.5. The molecule has 7 nitrogen and oxygen atoms in total. The number of aromatic nitrogens is 2. The highest BCUT2D eigenvalue weighted by atomic mass is 32.2. The Morgan fingerprint density at radius 3 is 2.23 bits per heavy atom. The van der Waals surface area contributed by atoms with Gasteiger partial charge in [-0.3, -0.25) is 14.3 Å². The minimum Gasteiger partial charge on any atom is -0.302 e. The van der Waals surface area contributed by atoms with Crippen molar-refractivity contribution in [3.63, 3.8) is 0 Å². The molecule has 0 bridgehead atoms. The van der Waals surface area contributed by atoms with Gasteiger partial charge in [-0.25, -0.2) is 4.79 Å². The SMILES string of the molecule is Cc1cn(CCCSCCCCC(F)(F)P(=O)(OC(C)C)OC(C)C)c(=O)[nH]c1=O. The maximum atomic E-state index is 14.5. The fourth-order valence-electron chi connectivity index (χ4n) is 2.64. The highest BCUT2D eigenvalue weighted by molar-refractivity contribution is 7.99. The second kappa shape index (κ2) is 12.2. The van der Waals surface area contributed by atoms with Crippen LogP contribution in [0, 0.1) is 6.92 Å². The summed E-state index contributed by atoms with van der Waals surface area (Å²) in [5.74, 6) is 1.43. The van der Waals surface area contributed by atoms with E-state index in [1.807, 2.05) is 0 Å². The quantitative estimate of drug-likeness (QED) is 0.311. The Bertz CT molecular complexity index is 812. The number of aryl methyl sites for hydroxylation is 2. The number of thioether (sulfide) groups is 1. The van der Waals surface area contributed by atoms with Crippen molar-refractivity contribution in [2.45, 2.75) is 84.7 Å². The van der Waals surface area contributed by atoms with Crippen LogP contribution in [0.1, 0.15) is 58.9 Å². The van der Waals surface area contributed by atoms with Gasteiger partial charge in [-0.05, 0) is 65.4 Å². The van der Waals surface area contributed by atoms with Gasteiger partial charge in [0.2, 0.25) is 0 Å². The van der Waals surface area contributed by atoms with Crippen molar-refractivity contribution in [1.29, 1.82) is 0 Å². The van der Waals surface area contributed by atoms with Gasteiger partial charge in [0.15, 0.2) is 0 Å². The number of nitrogens with one attached hydrogen (secondary N) is 1. The van der Waals surface area contributed by atoms with Crippen molar-refractivity contribution < 1.29 is 22.4 Å². The summed E-state index contributed by atoms with van der Waals surface area (Å²) in [5, 5.41) is 0. The Balaban J connectivity index is 2.37. The molecule has 1 aromatic rings. The number of alkyl halides is 2. The summed E-state index contributed by atoms with van der Waals surface area (Å²) in [6, 6.07) is 0. The Labute approximate surface area is 180 Å². The topological polar surface area (TPSA) is 90.4 Å². The molecule has 30 heavy (non-hydrogen) atoms. The van der Waals surface area contributed by atoms with Gasteiger partial charge in [0.25, 0.3) is 5.56 Å². The largest absolute Gasteiger partial charge is 0.400 e. The fraction of sp³-hybridized carbons (Fsp3) is 0.789. The predicted molar refractivity (Wildman–Crippen MR) is 117 cm³/mol. The lowest BCUT2D eigenvalue weighted by Gasteiger charge is -2.29. The second-order valence-corrected chi connectivity index (χ2v) is 11.0. The highest BCUT2D eigenvalue weighted by Gasteiger charge is 2.53. The number of H-pyrrole nitrogens is 1. The summed E-state index contributed by atoms with van der Waals surface area (Å²) in [7, 11) is -4.54. The first-order chi connectivity index (χ1) is 13.9. The van der Waals surface area contributed by atoms with Crippen LogP contribution in [0.25, 0.3) is 0 Å². The van der Waals surface area contributed by atoms with E-state index >= 15 is 0 Å². The summed E-state index contributed by atoms with van der Waals surface area (Å²) >= 11 is 1.60. The standard InChI is InChI=1S/C19H33F2N2O5PS/c1-14(2)27-29(26,28-15(3)4)19(20,21)9-6-7-11-30-12-8-10-23-13-16(5)17(24)22-18(23)25/h13-15H,6-12H2,1-5H3,(H,22,24,25). The predicted octanol–water partition coefficient (Wildman–Crippen LogP) is 4.77. The van der Waals surface area contributed by atoms with E-state index in [-0.39, 0.29) is 12.0 Å². The smallest absolute Gasteiger partial charge is 0.302 e. The molecule has 0 unspecified atom stereocenters. The Kier molecular flexibility index (Phi) is 11.0. The summed E-state index contributed by atoms with van der Waals surface area (Å²) < 4.78 is 53.2. The Hall–Kier alpha value is -0.960. The molecule has 1 aromatic heterocycles. The maximum Gasteiger partial charge on any atom is 0.400 e. The van der Waals surface area contributed by atoms with E-state index in [2.05, 4.69) is 4.98 Å². The Morgan fingerprint density at radius 2 is 1.67 bits per heavy atom. The van der Waals surface area contributed by atoms with Crippen LogP contribution < -0.4 is 11.2 Å². The minimum atomic E-state index is -4.54. The number of rotatable bonds is 14. The average molecular weight is 471 g/mol. The molecule has 11 heteroatoms. The zero-order valence-corrected chi connectivity index (χ0v) is 20.0. The van der Waals surface area contributed by atoms with Crippen molar-refractivity contribution in [3.05, 3.63) is 32.6 Å². The lowest BCUT2D eigenvalue weighted by Crippen LogP contribution is -2.30. The van der Waals surface area contributed by atoms with Crippen LogP contribution in [0.15, 0.2) is 15.8 Å². The van der Waals surface area contributed by atoms with Crippen molar-refractivity contribution in [1.82, 2.24) is 9.55 Å². The summed E-state index contributed by atoms with van der Waals surface area (Å²) in [4.78, 5) is 25.3. The molecule has 0 spiro atoms. The molecular formula is C19H33F2N2O5PS. The summed E-state index contributed by atoms with van der Waals surface area (Å²) in [5.41, 5.74) is -3.88. The number of aromatic amines is 1. The van der Waals surface area contributed by atoms with Crippen molar-refractivity contribution in [3.8, 4) is 0 Å². The lowest BCUT2D eigenvalue weighted by molar-refractivity contribution is 0.0126. The van der Waals surface area contributed by atoms with Gasteiger partial charge in [0.1, 0.15) is 0 Å². The normalized spacial score (nSPS) is 12.8. The molecule has 174 valence electrons. The van der Waals surface area contributed by atoms with Crippen LogP contribution in [0.4, 0.5) is 8.78 Å². The first kappa shape index (κ1) is 27.1. The van der Waals surface area contributed by atoms with E-state index in [0.29, 0.717) is 30.7 Å². The number of unbranched alkanes of at least 4 members (excludes halogenated alkanes) is 1. The van der Waals surface area contributed by atoms with E-state index < -0.39 is 37.6 Å². The van der Waals surface area contributed by atoms with Gasteiger partial charge in [-0.2, -0.15) is 20.5 Å². The van der Waals surface area contributed by atoms with E-state index in [4.69, 9.17) is 9.05 Å². The van der Waals surface area contributed by atoms with Gasteiger partial charge in [-0.15, -0.1) is 0 Å². The van der Waals surface area contributed by atoms with Crippen molar-refractivity contribution in [2.75, 3.05) is 11.5 Å². The van der Waals surface area contributed by atoms with Gasteiger partial charge < -0.3 is 13.6 Å². The summed E-state index contributed by atoms with van der Waals surface area (Å²) in [6.45, 7) is 8.30. The highest BCUT2D eigenvalue weighted by Crippen LogP contribution is 2.65. The monoisotopic (exact) mass is 470 g/mol. The van der Waals surface area contributed by atoms with Crippen LogP contribution in [0.5, 0.6) is 0 Å². The zero-order chi connectivity index (χ0) is 22.9. The van der Waals surface area contributed by atoms with E-state index in [1.54, 1.807) is 46.4 Å². The van der Waals surface area contributed by atoms with E-state index in [0.717, 1.165) is 5.75 Å². The number of hydrogen-bond donors (Lipinski definition) is 1. The van der Waals surface area contributed by atoms with Crippen LogP contribution >= 0.6 is 19.4 Å². The molecule has 0 atom stereocenters. The zero-order valence-electron chi connectivity index (χ0n) is 18.3. The molecule has 1 N–H and O–H groups in total. The third-order valence-electron chi connectivity index (χ3n) is 3.99. The lowest BCUT2D eigenvalue weighted by atomic mass is 10.2. The third kappa shape index (κ3) is 8.65. The first-order valence-corrected chi connectivity index (χ1v) is 12.8. The third-order valence-corrected chi connectivity index (χ3v) is 7.57. The minimum absolute atomic E-state index is 0.200. The van der Waals surface area contributed by atoms with Gasteiger partial charge in [0, 0.05) is 24.7 Å². The molecule has 0 aliphatic carbocycles. The Morgan fingerprint density at radius 1 is 1.10 bits per heavy atom. The van der Waals surface area contributed by atoms with Gasteiger partial charge in [-0.1, -0.05) is 0 Å². The van der Waals surface area contributed by atoms with Crippen LogP contribution in [0.3, 0.4) is 0 Å². The number of hydrogen-bond acceptors (Lipinski definition) is 6. The summed E-state index contributed by atoms with van der Waals surface area (Å²) in [6.07, 6.45) is 1.17. The number of nitrogens with zero attached hydrogens (tertiary/aromatic N) is 1. The molecule has 0 aliphatic heterocycles. The molecule has 0 aromatic carbocycles. The van der Waals surface area contributed by atoms with E-state index in [9.17, 15) is 22.9 Å². The molecule has 0 radical (unpaired) electrons. The van der Waals surface area contributed by atoms with Crippen molar-refractivity contribution >= 4 is 19.4 Å². The van der Waals surface area contributed by atoms with Crippen LogP contribution in [-0.2, 0) is 20.2 Å². The first-order valence-electron chi connectivity index (χ1n) is 10.1. The second-order valence-electron chi connectivity index (χ2n) is 7.66. The van der Waals surface area contributed by atoms with Crippen molar-refractivity contribution in [2.24, 2.45) is 0 Å². The average Bonchev–Trinajstić information content (AvgIpc) is 2.59. The molecule has 1 rings (SSSR count). The molecule has 0 saturated heterocycles. The van der Waals surface area contributed by atoms with Gasteiger partial charge in [0.05, 0.1) is 12.2 Å². The van der Waals surface area contributed by atoms with Crippen LogP contribution in [-0.4, -0.2) is 38.9 Å². The number of halogens is 2. The van der Waals surface area contributed by atoms with E-state index in [1.165, 1.54) is 10.8 Å². The molecule has 0 fully saturated rings. The molecule has 0 saturated carbocycles. The van der Waals surface area contributed by atoms with Crippen LogP contribution in [0.2, 0.25) is 0 Å². The molecular weight excluding hydrogens is 437 g/mol.